The van der Waals surface area contributed by atoms with Crippen molar-refractivity contribution >= 4 is 34.8 Å². The lowest BCUT2D eigenvalue weighted by Gasteiger charge is -2.36. The summed E-state index contributed by atoms with van der Waals surface area (Å²) in [5.74, 6) is 0.707. The minimum Gasteiger partial charge on any atom is -0.494 e. The molecule has 29 heavy (non-hydrogen) atoms. The lowest BCUT2D eigenvalue weighted by molar-refractivity contribution is 0.0963. The van der Waals surface area contributed by atoms with E-state index in [-0.39, 0.29) is 5.91 Å². The highest BCUT2D eigenvalue weighted by Gasteiger charge is 2.19. The number of hydrogen-bond acceptors (Lipinski definition) is 4. The van der Waals surface area contributed by atoms with Crippen molar-refractivity contribution < 1.29 is 9.53 Å². The van der Waals surface area contributed by atoms with Crippen LogP contribution in [0.5, 0.6) is 5.75 Å². The number of anilines is 1. The molecule has 0 aliphatic carbocycles. The van der Waals surface area contributed by atoms with Crippen LogP contribution in [0.2, 0.25) is 10.0 Å². The first kappa shape index (κ1) is 21.8. The number of carbonyl (C=O) groups is 1. The molecular formula is C22H27Cl2N3O2. The van der Waals surface area contributed by atoms with Gasteiger partial charge in [-0.25, -0.2) is 0 Å². The van der Waals surface area contributed by atoms with Gasteiger partial charge in [-0.05, 0) is 55.8 Å². The molecule has 2 aromatic rings. The van der Waals surface area contributed by atoms with E-state index in [0.717, 1.165) is 57.0 Å². The number of carbonyl (C=O) groups excluding carboxylic acids is 1. The molecule has 1 amide bonds. The lowest BCUT2D eigenvalue weighted by atomic mass is 10.2. The molecule has 1 aliphatic rings. The van der Waals surface area contributed by atoms with Crippen LogP contribution in [0.4, 0.5) is 5.69 Å². The molecule has 1 N–H and O–H groups in total. The smallest absolute Gasteiger partial charge is 0.251 e. The van der Waals surface area contributed by atoms with Crippen LogP contribution in [0.1, 0.15) is 23.2 Å². The molecule has 156 valence electrons. The summed E-state index contributed by atoms with van der Waals surface area (Å²) in [5, 5.41) is 3.86. The molecule has 2 aromatic carbocycles. The number of benzene rings is 2. The highest BCUT2D eigenvalue weighted by atomic mass is 35.5. The van der Waals surface area contributed by atoms with Gasteiger partial charge in [-0.1, -0.05) is 29.3 Å². The van der Waals surface area contributed by atoms with Gasteiger partial charge in [0.1, 0.15) is 5.75 Å². The maximum absolute atomic E-state index is 11.5. The predicted molar refractivity (Wildman–Crippen MR) is 120 cm³/mol. The first-order valence-corrected chi connectivity index (χ1v) is 10.7. The standard InChI is InChI=1S/C22H27Cl2N3O2/c1-25-22(28)17-7-9-18(10-8-17)29-16-3-2-11-26-12-14-27(15-13-26)20-6-4-5-19(23)21(20)24/h4-10H,2-3,11-16H2,1H3,(H,25,28). The van der Waals surface area contributed by atoms with E-state index in [9.17, 15) is 4.79 Å². The highest BCUT2D eigenvalue weighted by molar-refractivity contribution is 6.43. The van der Waals surface area contributed by atoms with Gasteiger partial charge in [0.05, 0.1) is 22.3 Å². The summed E-state index contributed by atoms with van der Waals surface area (Å²) in [6.07, 6.45) is 2.09. The average Bonchev–Trinajstić information content (AvgIpc) is 2.76. The van der Waals surface area contributed by atoms with E-state index in [1.165, 1.54) is 0 Å². The van der Waals surface area contributed by atoms with E-state index < -0.39 is 0 Å². The molecule has 3 rings (SSSR count). The summed E-state index contributed by atoms with van der Waals surface area (Å²) in [6.45, 7) is 5.69. The topological polar surface area (TPSA) is 44.8 Å². The Kier molecular flexibility index (Phi) is 8.04. The summed E-state index contributed by atoms with van der Waals surface area (Å²) in [4.78, 5) is 16.3. The number of hydrogen-bond donors (Lipinski definition) is 1. The van der Waals surface area contributed by atoms with Crippen molar-refractivity contribution in [1.29, 1.82) is 0 Å². The number of ether oxygens (including phenoxy) is 1. The Morgan fingerprint density at radius 2 is 1.76 bits per heavy atom. The van der Waals surface area contributed by atoms with Crippen LogP contribution in [0.25, 0.3) is 0 Å². The normalized spacial score (nSPS) is 14.7. The maximum Gasteiger partial charge on any atom is 0.251 e. The quantitative estimate of drug-likeness (QED) is 0.626. The van der Waals surface area contributed by atoms with Gasteiger partial charge in [-0.2, -0.15) is 0 Å². The van der Waals surface area contributed by atoms with Crippen LogP contribution >= 0.6 is 23.2 Å². The Morgan fingerprint density at radius 3 is 2.45 bits per heavy atom. The number of nitrogens with zero attached hydrogens (tertiary/aromatic N) is 2. The monoisotopic (exact) mass is 435 g/mol. The van der Waals surface area contributed by atoms with Gasteiger partial charge in [0.2, 0.25) is 0 Å². The molecule has 1 fully saturated rings. The second-order valence-corrected chi connectivity index (χ2v) is 7.85. The van der Waals surface area contributed by atoms with Gasteiger partial charge in [0.25, 0.3) is 5.91 Å². The van der Waals surface area contributed by atoms with E-state index >= 15 is 0 Å². The Labute approximate surface area is 182 Å². The van der Waals surface area contributed by atoms with Gasteiger partial charge in [-0.3, -0.25) is 9.69 Å². The van der Waals surface area contributed by atoms with Crippen molar-refractivity contribution in [3.05, 3.63) is 58.1 Å². The highest BCUT2D eigenvalue weighted by Crippen LogP contribution is 2.32. The zero-order chi connectivity index (χ0) is 20.6. The number of rotatable bonds is 8. The van der Waals surface area contributed by atoms with Gasteiger partial charge in [0, 0.05) is 38.8 Å². The predicted octanol–water partition coefficient (Wildman–Crippen LogP) is 4.33. The summed E-state index contributed by atoms with van der Waals surface area (Å²) < 4.78 is 5.78. The molecular weight excluding hydrogens is 409 g/mol. The largest absolute Gasteiger partial charge is 0.494 e. The molecule has 0 bridgehead atoms. The van der Waals surface area contributed by atoms with Crippen LogP contribution in [-0.2, 0) is 0 Å². The van der Waals surface area contributed by atoms with Crippen LogP contribution in [0.15, 0.2) is 42.5 Å². The number of nitrogens with one attached hydrogen (secondary N) is 1. The van der Waals surface area contributed by atoms with Crippen molar-refractivity contribution in [1.82, 2.24) is 10.2 Å². The Hall–Kier alpha value is -1.95. The number of piperazine rings is 1. The fourth-order valence-corrected chi connectivity index (χ4v) is 3.84. The molecule has 0 atom stereocenters. The zero-order valence-corrected chi connectivity index (χ0v) is 18.2. The van der Waals surface area contributed by atoms with E-state index in [0.29, 0.717) is 22.2 Å². The zero-order valence-electron chi connectivity index (χ0n) is 16.7. The number of amides is 1. The molecule has 5 nitrogen and oxygen atoms in total. The number of unbranched alkanes of at least 4 members (excludes halogenated alkanes) is 1. The minimum atomic E-state index is -0.0886. The third-order valence-electron chi connectivity index (χ3n) is 5.13. The van der Waals surface area contributed by atoms with Gasteiger partial charge >= 0.3 is 0 Å². The second-order valence-electron chi connectivity index (χ2n) is 7.06. The van der Waals surface area contributed by atoms with Crippen LogP contribution < -0.4 is 15.0 Å². The summed E-state index contributed by atoms with van der Waals surface area (Å²) in [7, 11) is 1.62. The molecule has 1 heterocycles. The minimum absolute atomic E-state index is 0.0886. The summed E-state index contributed by atoms with van der Waals surface area (Å²) >= 11 is 12.5. The maximum atomic E-state index is 11.5. The summed E-state index contributed by atoms with van der Waals surface area (Å²) in [5.41, 5.74) is 1.66. The molecule has 1 saturated heterocycles. The molecule has 0 spiro atoms. The molecule has 1 aliphatic heterocycles. The molecule has 7 heteroatoms. The second kappa shape index (κ2) is 10.7. The first-order valence-electron chi connectivity index (χ1n) is 9.95. The Bertz CT molecular complexity index is 806. The fraction of sp³-hybridized carbons (Fsp3) is 0.409. The number of halogens is 2. The van der Waals surface area contributed by atoms with Crippen molar-refractivity contribution in [3.8, 4) is 5.75 Å². The van der Waals surface area contributed by atoms with Crippen molar-refractivity contribution in [3.63, 3.8) is 0 Å². The van der Waals surface area contributed by atoms with E-state index in [1.54, 1.807) is 19.2 Å². The summed E-state index contributed by atoms with van der Waals surface area (Å²) in [6, 6.07) is 13.0. The van der Waals surface area contributed by atoms with E-state index in [1.807, 2.05) is 30.3 Å². The van der Waals surface area contributed by atoms with Gasteiger partial charge in [0.15, 0.2) is 0 Å². The van der Waals surface area contributed by atoms with Crippen LogP contribution in [0.3, 0.4) is 0 Å². The van der Waals surface area contributed by atoms with Crippen molar-refractivity contribution in [2.75, 3.05) is 51.3 Å². The van der Waals surface area contributed by atoms with Gasteiger partial charge in [-0.15, -0.1) is 0 Å². The van der Waals surface area contributed by atoms with Crippen molar-refractivity contribution in [2.24, 2.45) is 0 Å². The average molecular weight is 436 g/mol. The van der Waals surface area contributed by atoms with Crippen LogP contribution in [0, 0.1) is 0 Å². The third-order valence-corrected chi connectivity index (χ3v) is 5.93. The fourth-order valence-electron chi connectivity index (χ4n) is 3.42. The van der Waals surface area contributed by atoms with Crippen LogP contribution in [-0.4, -0.2) is 57.2 Å². The van der Waals surface area contributed by atoms with Crippen molar-refractivity contribution in [2.45, 2.75) is 12.8 Å². The molecule has 0 saturated carbocycles. The lowest BCUT2D eigenvalue weighted by Crippen LogP contribution is -2.46. The van der Waals surface area contributed by atoms with Gasteiger partial charge < -0.3 is 15.0 Å². The first-order chi connectivity index (χ1) is 14.1. The molecule has 0 unspecified atom stereocenters. The third kappa shape index (κ3) is 6.01. The molecule has 0 aromatic heterocycles. The van der Waals surface area contributed by atoms with E-state index in [4.69, 9.17) is 27.9 Å². The van der Waals surface area contributed by atoms with E-state index in [2.05, 4.69) is 15.1 Å². The Morgan fingerprint density at radius 1 is 1.03 bits per heavy atom. The Balaban J connectivity index is 1.33. The SMILES string of the molecule is CNC(=O)c1ccc(OCCCCN2CCN(c3cccc(Cl)c3Cl)CC2)cc1. The molecule has 0 radical (unpaired) electrons.